The van der Waals surface area contributed by atoms with Gasteiger partial charge in [0, 0.05) is 24.7 Å². The molecule has 27 heavy (non-hydrogen) atoms. The van der Waals surface area contributed by atoms with Crippen molar-refractivity contribution in [1.29, 1.82) is 0 Å². The van der Waals surface area contributed by atoms with E-state index in [0.717, 1.165) is 23.9 Å². The number of hydrogen-bond acceptors (Lipinski definition) is 5. The predicted octanol–water partition coefficient (Wildman–Crippen LogP) is 3.04. The highest BCUT2D eigenvalue weighted by Gasteiger charge is 2.16. The molecular weight excluding hydrogens is 344 g/mol. The molecule has 0 fully saturated rings. The van der Waals surface area contributed by atoms with E-state index in [4.69, 9.17) is 4.74 Å². The van der Waals surface area contributed by atoms with Crippen molar-refractivity contribution in [3.8, 4) is 11.4 Å². The lowest BCUT2D eigenvalue weighted by Crippen LogP contribution is -2.25. The van der Waals surface area contributed by atoms with E-state index in [9.17, 15) is 9.59 Å². The third-order valence-corrected chi connectivity index (χ3v) is 4.25. The molecule has 0 atom stereocenters. The standard InChI is InChI=1S/C20H22N4O3/c1-4-8-24-17(19(25)21-5-2)11-14-10-16(23-12-18(14)24)15-9-13(6-7-22-15)20(26)27-3/h6-7,9-12H,4-5,8H2,1-3H3,(H,21,25). The van der Waals surface area contributed by atoms with Crippen molar-refractivity contribution in [2.75, 3.05) is 13.7 Å². The maximum absolute atomic E-state index is 12.4. The molecule has 0 saturated carbocycles. The van der Waals surface area contributed by atoms with E-state index in [1.165, 1.54) is 7.11 Å². The van der Waals surface area contributed by atoms with Crippen LogP contribution < -0.4 is 5.32 Å². The second kappa shape index (κ2) is 7.99. The zero-order valence-electron chi connectivity index (χ0n) is 15.7. The Morgan fingerprint density at radius 2 is 1.93 bits per heavy atom. The normalized spacial score (nSPS) is 10.8. The number of nitrogens with zero attached hydrogens (tertiary/aromatic N) is 3. The van der Waals surface area contributed by atoms with E-state index >= 15 is 0 Å². The van der Waals surface area contributed by atoms with Crippen LogP contribution in [-0.4, -0.2) is 40.1 Å². The van der Waals surface area contributed by atoms with Crippen LogP contribution in [0.2, 0.25) is 0 Å². The number of carbonyl (C=O) groups is 2. The molecule has 0 bridgehead atoms. The molecule has 0 aromatic carbocycles. The minimum atomic E-state index is -0.424. The van der Waals surface area contributed by atoms with E-state index in [1.54, 1.807) is 24.5 Å². The van der Waals surface area contributed by atoms with E-state index in [1.807, 2.05) is 23.6 Å². The molecule has 3 aromatic heterocycles. The van der Waals surface area contributed by atoms with Crippen molar-refractivity contribution in [2.24, 2.45) is 0 Å². The second-order valence-corrected chi connectivity index (χ2v) is 6.09. The number of carbonyl (C=O) groups excluding carboxylic acids is 2. The van der Waals surface area contributed by atoms with Crippen LogP contribution in [0.25, 0.3) is 22.3 Å². The number of ether oxygens (including phenoxy) is 1. The molecule has 140 valence electrons. The first kappa shape index (κ1) is 18.6. The van der Waals surface area contributed by atoms with Crippen molar-refractivity contribution in [3.63, 3.8) is 0 Å². The van der Waals surface area contributed by atoms with Crippen molar-refractivity contribution in [3.05, 3.63) is 47.9 Å². The molecule has 1 N–H and O–H groups in total. The largest absolute Gasteiger partial charge is 0.465 e. The Labute approximate surface area is 157 Å². The van der Waals surface area contributed by atoms with Crippen molar-refractivity contribution in [2.45, 2.75) is 26.8 Å². The lowest BCUT2D eigenvalue weighted by Gasteiger charge is -2.09. The highest BCUT2D eigenvalue weighted by Crippen LogP contribution is 2.25. The second-order valence-electron chi connectivity index (χ2n) is 6.09. The predicted molar refractivity (Wildman–Crippen MR) is 103 cm³/mol. The van der Waals surface area contributed by atoms with Gasteiger partial charge in [0.05, 0.1) is 35.8 Å². The number of fused-ring (bicyclic) bond motifs is 1. The molecule has 0 aliphatic carbocycles. The van der Waals surface area contributed by atoms with Gasteiger partial charge in [-0.25, -0.2) is 4.79 Å². The highest BCUT2D eigenvalue weighted by molar-refractivity contribution is 5.99. The molecule has 0 aliphatic rings. The number of rotatable bonds is 6. The van der Waals surface area contributed by atoms with Gasteiger partial charge < -0.3 is 14.6 Å². The number of aromatic nitrogens is 3. The number of amides is 1. The van der Waals surface area contributed by atoms with Gasteiger partial charge in [-0.3, -0.25) is 14.8 Å². The van der Waals surface area contributed by atoms with E-state index in [0.29, 0.717) is 29.2 Å². The third kappa shape index (κ3) is 3.67. The van der Waals surface area contributed by atoms with Crippen molar-refractivity contribution in [1.82, 2.24) is 19.9 Å². The van der Waals surface area contributed by atoms with Gasteiger partial charge in [-0.1, -0.05) is 6.92 Å². The van der Waals surface area contributed by atoms with Crippen LogP contribution in [0.15, 0.2) is 36.7 Å². The summed E-state index contributed by atoms with van der Waals surface area (Å²) in [6, 6.07) is 6.99. The molecule has 0 radical (unpaired) electrons. The Morgan fingerprint density at radius 1 is 1.15 bits per heavy atom. The lowest BCUT2D eigenvalue weighted by molar-refractivity contribution is 0.0600. The van der Waals surface area contributed by atoms with Crippen molar-refractivity contribution < 1.29 is 14.3 Å². The van der Waals surface area contributed by atoms with Gasteiger partial charge in [0.2, 0.25) is 0 Å². The number of esters is 1. The van der Waals surface area contributed by atoms with Crippen LogP contribution in [0, 0.1) is 0 Å². The Balaban J connectivity index is 2.08. The summed E-state index contributed by atoms with van der Waals surface area (Å²) in [4.78, 5) is 33.0. The quantitative estimate of drug-likeness (QED) is 0.678. The van der Waals surface area contributed by atoms with E-state index in [-0.39, 0.29) is 5.91 Å². The van der Waals surface area contributed by atoms with Gasteiger partial charge in [-0.2, -0.15) is 0 Å². The maximum Gasteiger partial charge on any atom is 0.337 e. The van der Waals surface area contributed by atoms with Crippen LogP contribution in [-0.2, 0) is 11.3 Å². The average molecular weight is 366 g/mol. The van der Waals surface area contributed by atoms with E-state index in [2.05, 4.69) is 22.2 Å². The number of hydrogen-bond donors (Lipinski definition) is 1. The molecule has 1 amide bonds. The van der Waals surface area contributed by atoms with Gasteiger partial charge in [-0.15, -0.1) is 0 Å². The van der Waals surface area contributed by atoms with Gasteiger partial charge in [0.25, 0.3) is 5.91 Å². The van der Waals surface area contributed by atoms with Crippen LogP contribution in [0.4, 0.5) is 0 Å². The highest BCUT2D eigenvalue weighted by atomic mass is 16.5. The molecule has 0 aliphatic heterocycles. The minimum Gasteiger partial charge on any atom is -0.465 e. The Kier molecular flexibility index (Phi) is 5.49. The maximum atomic E-state index is 12.4. The minimum absolute atomic E-state index is 0.102. The summed E-state index contributed by atoms with van der Waals surface area (Å²) in [6.45, 7) is 5.26. The summed E-state index contributed by atoms with van der Waals surface area (Å²) in [5.74, 6) is -0.526. The first-order valence-electron chi connectivity index (χ1n) is 8.91. The fourth-order valence-corrected chi connectivity index (χ4v) is 3.02. The first-order valence-corrected chi connectivity index (χ1v) is 8.91. The van der Waals surface area contributed by atoms with Crippen LogP contribution in [0.5, 0.6) is 0 Å². The topological polar surface area (TPSA) is 86.1 Å². The summed E-state index contributed by atoms with van der Waals surface area (Å²) in [7, 11) is 1.34. The Morgan fingerprint density at radius 3 is 2.63 bits per heavy atom. The summed E-state index contributed by atoms with van der Waals surface area (Å²) < 4.78 is 6.74. The molecule has 0 unspecified atom stereocenters. The van der Waals surface area contributed by atoms with Gasteiger partial charge in [0.1, 0.15) is 5.69 Å². The number of pyridine rings is 2. The lowest BCUT2D eigenvalue weighted by atomic mass is 10.1. The molecule has 3 heterocycles. The van der Waals surface area contributed by atoms with Gasteiger partial charge in [-0.05, 0) is 37.6 Å². The first-order chi connectivity index (χ1) is 13.1. The Bertz CT molecular complexity index is 994. The summed E-state index contributed by atoms with van der Waals surface area (Å²) in [5.41, 5.74) is 3.12. The average Bonchev–Trinajstić information content (AvgIpc) is 3.06. The van der Waals surface area contributed by atoms with Crippen LogP contribution in [0.1, 0.15) is 41.1 Å². The van der Waals surface area contributed by atoms with Gasteiger partial charge in [0.15, 0.2) is 0 Å². The van der Waals surface area contributed by atoms with E-state index < -0.39 is 5.97 Å². The summed E-state index contributed by atoms with van der Waals surface area (Å²) in [6.07, 6.45) is 4.20. The molecule has 0 saturated heterocycles. The molecule has 0 spiro atoms. The van der Waals surface area contributed by atoms with Crippen LogP contribution >= 0.6 is 0 Å². The molecular formula is C20H22N4O3. The molecule has 3 aromatic rings. The Hall–Kier alpha value is -3.22. The van der Waals surface area contributed by atoms with Crippen molar-refractivity contribution >= 4 is 22.8 Å². The number of methoxy groups -OCH3 is 1. The summed E-state index contributed by atoms with van der Waals surface area (Å²) >= 11 is 0. The zero-order valence-corrected chi connectivity index (χ0v) is 15.7. The summed E-state index contributed by atoms with van der Waals surface area (Å²) in [5, 5.41) is 3.75. The fraction of sp³-hybridized carbons (Fsp3) is 0.300. The fourth-order valence-electron chi connectivity index (χ4n) is 3.02. The monoisotopic (exact) mass is 366 g/mol. The molecule has 7 heteroatoms. The van der Waals surface area contributed by atoms with Gasteiger partial charge >= 0.3 is 5.97 Å². The molecule has 7 nitrogen and oxygen atoms in total. The SMILES string of the molecule is CCCn1c(C(=O)NCC)cc2cc(-c3cc(C(=O)OC)ccn3)ncc21. The number of nitrogens with one attached hydrogen (secondary N) is 1. The molecule has 3 rings (SSSR count). The smallest absolute Gasteiger partial charge is 0.337 e. The third-order valence-electron chi connectivity index (χ3n) is 4.25. The number of aryl methyl sites for hydroxylation is 1. The van der Waals surface area contributed by atoms with Crippen LogP contribution in [0.3, 0.4) is 0 Å². The zero-order chi connectivity index (χ0) is 19.4.